The normalized spacial score (nSPS) is 10.7. The second-order valence-corrected chi connectivity index (χ2v) is 5.19. The molecule has 0 saturated carbocycles. The highest BCUT2D eigenvalue weighted by molar-refractivity contribution is 5.43. The number of azo groups is 1. The van der Waals surface area contributed by atoms with Crippen molar-refractivity contribution >= 4 is 11.4 Å². The Bertz CT molecular complexity index is 599. The number of allylic oxidation sites excluding steroid dienone is 2. The Kier molecular flexibility index (Phi) is 6.31. The molecule has 0 atom stereocenters. The molecule has 112 valence electrons. The van der Waals surface area contributed by atoms with E-state index in [0.29, 0.717) is 0 Å². The van der Waals surface area contributed by atoms with Crippen LogP contribution in [0.1, 0.15) is 24.0 Å². The predicted molar refractivity (Wildman–Crippen MR) is 94.1 cm³/mol. The Hall–Kier alpha value is -2.48. The van der Waals surface area contributed by atoms with Gasteiger partial charge in [-0.15, -0.1) is 13.2 Å². The molecule has 0 radical (unpaired) electrons. The van der Waals surface area contributed by atoms with Gasteiger partial charge < -0.3 is 0 Å². The van der Waals surface area contributed by atoms with Gasteiger partial charge in [-0.1, -0.05) is 36.4 Å². The highest BCUT2D eigenvalue weighted by Crippen LogP contribution is 2.21. The van der Waals surface area contributed by atoms with Gasteiger partial charge in [0.2, 0.25) is 0 Å². The lowest BCUT2D eigenvalue weighted by Gasteiger charge is -2.01. The van der Waals surface area contributed by atoms with Crippen LogP contribution in [0.4, 0.5) is 11.4 Å². The molecule has 0 bridgehead atoms. The second kappa shape index (κ2) is 8.73. The molecular formula is C20H22N2. The van der Waals surface area contributed by atoms with Gasteiger partial charge in [-0.3, -0.25) is 0 Å². The molecule has 2 aromatic rings. The first kappa shape index (κ1) is 15.9. The molecule has 2 heteroatoms. The number of rotatable bonds is 8. The summed E-state index contributed by atoms with van der Waals surface area (Å²) in [5.74, 6) is 0. The van der Waals surface area contributed by atoms with E-state index in [-0.39, 0.29) is 0 Å². The van der Waals surface area contributed by atoms with E-state index in [1.807, 2.05) is 36.4 Å². The van der Waals surface area contributed by atoms with Gasteiger partial charge in [0.25, 0.3) is 0 Å². The first-order valence-electron chi connectivity index (χ1n) is 7.63. The first-order chi connectivity index (χ1) is 10.8. The lowest BCUT2D eigenvalue weighted by atomic mass is 10.1. The maximum absolute atomic E-state index is 4.35. The summed E-state index contributed by atoms with van der Waals surface area (Å²) in [4.78, 5) is 0. The highest BCUT2D eigenvalue weighted by atomic mass is 15.1. The summed E-state index contributed by atoms with van der Waals surface area (Å²) >= 11 is 0. The summed E-state index contributed by atoms with van der Waals surface area (Å²) in [5.41, 5.74) is 4.29. The van der Waals surface area contributed by atoms with Crippen molar-refractivity contribution in [2.75, 3.05) is 0 Å². The van der Waals surface area contributed by atoms with Gasteiger partial charge in [0.15, 0.2) is 0 Å². The summed E-state index contributed by atoms with van der Waals surface area (Å²) in [6.07, 6.45) is 7.80. The van der Waals surface area contributed by atoms with Gasteiger partial charge in [0, 0.05) is 0 Å². The number of hydrogen-bond donors (Lipinski definition) is 0. The van der Waals surface area contributed by atoms with Crippen molar-refractivity contribution in [2.45, 2.75) is 25.7 Å². The Morgan fingerprint density at radius 2 is 1.18 bits per heavy atom. The Labute approximate surface area is 132 Å². The zero-order valence-corrected chi connectivity index (χ0v) is 12.9. The van der Waals surface area contributed by atoms with Gasteiger partial charge in [0.1, 0.15) is 0 Å². The van der Waals surface area contributed by atoms with Crippen molar-refractivity contribution in [1.29, 1.82) is 0 Å². The van der Waals surface area contributed by atoms with E-state index in [2.05, 4.69) is 47.7 Å². The minimum absolute atomic E-state index is 0.887. The molecule has 0 heterocycles. The van der Waals surface area contributed by atoms with E-state index in [9.17, 15) is 0 Å². The van der Waals surface area contributed by atoms with Crippen LogP contribution in [-0.2, 0) is 12.8 Å². The van der Waals surface area contributed by atoms with E-state index < -0.39 is 0 Å². The van der Waals surface area contributed by atoms with E-state index in [0.717, 1.165) is 37.1 Å². The molecule has 0 aromatic heterocycles. The molecule has 0 spiro atoms. The minimum Gasteiger partial charge on any atom is -0.151 e. The van der Waals surface area contributed by atoms with Crippen LogP contribution in [0.25, 0.3) is 0 Å². The summed E-state index contributed by atoms with van der Waals surface area (Å²) in [5, 5.41) is 8.69. The lowest BCUT2D eigenvalue weighted by molar-refractivity contribution is 1.000. The van der Waals surface area contributed by atoms with Crippen LogP contribution in [0.3, 0.4) is 0 Å². The lowest BCUT2D eigenvalue weighted by Crippen LogP contribution is -1.82. The van der Waals surface area contributed by atoms with E-state index in [1.54, 1.807) is 0 Å². The van der Waals surface area contributed by atoms with Crippen LogP contribution in [0, 0.1) is 0 Å². The topological polar surface area (TPSA) is 24.7 Å². The molecular weight excluding hydrogens is 268 g/mol. The second-order valence-electron chi connectivity index (χ2n) is 5.19. The fourth-order valence-corrected chi connectivity index (χ4v) is 2.20. The highest BCUT2D eigenvalue weighted by Gasteiger charge is 1.96. The predicted octanol–water partition coefficient (Wildman–Crippen LogP) is 6.34. The number of hydrogen-bond acceptors (Lipinski definition) is 2. The molecule has 22 heavy (non-hydrogen) atoms. The summed E-state index contributed by atoms with van der Waals surface area (Å²) in [7, 11) is 0. The van der Waals surface area contributed by atoms with Crippen molar-refractivity contribution in [2.24, 2.45) is 10.2 Å². The number of nitrogens with zero attached hydrogens (tertiary/aromatic N) is 2. The summed E-state index contributed by atoms with van der Waals surface area (Å²) < 4.78 is 0. The SMILES string of the molecule is C=CCCc1cccc(/N=N/c2cccc(CCC=C)c2)c1. The van der Waals surface area contributed by atoms with E-state index in [1.165, 1.54) is 11.1 Å². The molecule has 0 aliphatic heterocycles. The minimum atomic E-state index is 0.887. The van der Waals surface area contributed by atoms with Gasteiger partial charge in [-0.2, -0.15) is 10.2 Å². The Morgan fingerprint density at radius 1 is 0.727 bits per heavy atom. The third-order valence-corrected chi connectivity index (χ3v) is 3.38. The summed E-state index contributed by atoms with van der Waals surface area (Å²) in [6.45, 7) is 7.51. The quantitative estimate of drug-likeness (QED) is 0.400. The largest absolute Gasteiger partial charge is 0.151 e. The monoisotopic (exact) mass is 290 g/mol. The van der Waals surface area contributed by atoms with Crippen molar-refractivity contribution < 1.29 is 0 Å². The maximum Gasteiger partial charge on any atom is 0.0859 e. The fraction of sp³-hybridized carbons (Fsp3) is 0.200. The number of benzene rings is 2. The van der Waals surface area contributed by atoms with Crippen LogP contribution >= 0.6 is 0 Å². The van der Waals surface area contributed by atoms with Crippen LogP contribution in [0.15, 0.2) is 84.1 Å². The molecule has 0 amide bonds. The third kappa shape index (κ3) is 5.13. The smallest absolute Gasteiger partial charge is 0.0859 e. The molecule has 2 nitrogen and oxygen atoms in total. The average Bonchev–Trinajstić information content (AvgIpc) is 2.57. The Morgan fingerprint density at radius 3 is 1.59 bits per heavy atom. The number of aryl methyl sites for hydroxylation is 2. The van der Waals surface area contributed by atoms with Gasteiger partial charge in [-0.25, -0.2) is 0 Å². The van der Waals surface area contributed by atoms with Gasteiger partial charge >= 0.3 is 0 Å². The third-order valence-electron chi connectivity index (χ3n) is 3.38. The van der Waals surface area contributed by atoms with Crippen molar-refractivity contribution in [3.05, 3.63) is 85.0 Å². The van der Waals surface area contributed by atoms with Gasteiger partial charge in [0.05, 0.1) is 11.4 Å². The zero-order valence-electron chi connectivity index (χ0n) is 12.9. The Balaban J connectivity index is 2.07. The first-order valence-corrected chi connectivity index (χ1v) is 7.63. The van der Waals surface area contributed by atoms with E-state index in [4.69, 9.17) is 0 Å². The van der Waals surface area contributed by atoms with Gasteiger partial charge in [-0.05, 0) is 61.1 Å². The molecule has 2 aromatic carbocycles. The maximum atomic E-state index is 4.35. The van der Waals surface area contributed by atoms with Crippen LogP contribution in [0.5, 0.6) is 0 Å². The fourth-order valence-electron chi connectivity index (χ4n) is 2.20. The standard InChI is InChI=1S/C20H22N2/c1-3-5-9-17-11-7-13-19(15-17)21-22-20-14-8-12-18(16-20)10-6-4-2/h3-4,7-8,11-16H,1-2,5-6,9-10H2/b22-21+. The van der Waals surface area contributed by atoms with Crippen LogP contribution in [0.2, 0.25) is 0 Å². The molecule has 0 N–H and O–H groups in total. The van der Waals surface area contributed by atoms with Crippen molar-refractivity contribution in [3.63, 3.8) is 0 Å². The van der Waals surface area contributed by atoms with E-state index >= 15 is 0 Å². The molecule has 0 saturated heterocycles. The molecule has 0 aliphatic rings. The average molecular weight is 290 g/mol. The molecule has 2 rings (SSSR count). The van der Waals surface area contributed by atoms with Crippen LogP contribution in [-0.4, -0.2) is 0 Å². The van der Waals surface area contributed by atoms with Crippen molar-refractivity contribution in [3.8, 4) is 0 Å². The molecule has 0 unspecified atom stereocenters. The summed E-state index contributed by atoms with van der Waals surface area (Å²) in [6, 6.07) is 16.4. The zero-order chi connectivity index (χ0) is 15.6. The van der Waals surface area contributed by atoms with Crippen LogP contribution < -0.4 is 0 Å². The molecule has 0 aliphatic carbocycles. The molecule has 0 fully saturated rings. The van der Waals surface area contributed by atoms with Crippen molar-refractivity contribution in [1.82, 2.24) is 0 Å².